The summed E-state index contributed by atoms with van der Waals surface area (Å²) in [5, 5.41) is 25.6. The van der Waals surface area contributed by atoms with Crippen molar-refractivity contribution in [2.45, 2.75) is 13.8 Å². The number of aliphatic hydroxyl groups excluding tert-OH is 2. The van der Waals surface area contributed by atoms with E-state index in [1.165, 1.54) is 4.90 Å². The van der Waals surface area contributed by atoms with Crippen molar-refractivity contribution in [3.8, 4) is 11.3 Å². The Bertz CT molecular complexity index is 660. The second-order valence-corrected chi connectivity index (χ2v) is 6.32. The normalized spacial score (nSPS) is 11.5. The van der Waals surface area contributed by atoms with E-state index in [-0.39, 0.29) is 25.7 Å². The van der Waals surface area contributed by atoms with Gasteiger partial charge in [-0.1, -0.05) is 36.8 Å². The van der Waals surface area contributed by atoms with Gasteiger partial charge in [-0.25, -0.2) is 0 Å². The smallest absolute Gasteiger partial charge is 0.271 e. The Morgan fingerprint density at radius 2 is 1.87 bits per heavy atom. The number of carbonyl (C=O) groups excluding carboxylic acids is 1. The van der Waals surface area contributed by atoms with Crippen molar-refractivity contribution >= 4 is 5.91 Å². The average Bonchev–Trinajstić information content (AvgIpc) is 3.04. The zero-order valence-electron chi connectivity index (χ0n) is 13.7. The monoisotopic (exact) mass is 317 g/mol. The number of hydrogen-bond donors (Lipinski definition) is 3. The molecule has 0 unspecified atom stereocenters. The number of hydrogen-bond acceptors (Lipinski definition) is 4. The third-order valence-corrected chi connectivity index (χ3v) is 3.88. The highest BCUT2D eigenvalue weighted by Gasteiger charge is 2.27. The quantitative estimate of drug-likeness (QED) is 0.752. The largest absolute Gasteiger partial charge is 0.396 e. The van der Waals surface area contributed by atoms with Crippen LogP contribution in [0.1, 0.15) is 23.0 Å². The van der Waals surface area contributed by atoms with E-state index in [9.17, 15) is 15.0 Å². The molecule has 6 nitrogen and oxygen atoms in total. The number of aromatic nitrogens is 2. The van der Waals surface area contributed by atoms with Gasteiger partial charge in [0.1, 0.15) is 5.69 Å². The maximum Gasteiger partial charge on any atom is 0.271 e. The van der Waals surface area contributed by atoms with Crippen LogP contribution in [0.15, 0.2) is 30.3 Å². The first kappa shape index (κ1) is 17.2. The summed E-state index contributed by atoms with van der Waals surface area (Å²) in [6, 6.07) is 9.60. The lowest BCUT2D eigenvalue weighted by Crippen LogP contribution is -2.41. The molecule has 23 heavy (non-hydrogen) atoms. The minimum atomic E-state index is -0.732. The molecule has 0 atom stereocenters. The van der Waals surface area contributed by atoms with Crippen molar-refractivity contribution in [1.82, 2.24) is 15.1 Å². The molecule has 0 fully saturated rings. The molecular weight excluding hydrogens is 294 g/mol. The Balaban J connectivity index is 2.13. The molecule has 0 radical (unpaired) electrons. The highest BCUT2D eigenvalue weighted by atomic mass is 16.3. The van der Waals surface area contributed by atoms with Crippen LogP contribution in [0.4, 0.5) is 0 Å². The van der Waals surface area contributed by atoms with Crippen LogP contribution < -0.4 is 0 Å². The lowest BCUT2D eigenvalue weighted by Gasteiger charge is -2.30. The van der Waals surface area contributed by atoms with Gasteiger partial charge in [0.25, 0.3) is 5.91 Å². The molecule has 0 aliphatic heterocycles. The van der Waals surface area contributed by atoms with Crippen LogP contribution in [0.3, 0.4) is 0 Å². The number of aryl methyl sites for hydroxylation is 1. The molecule has 1 amide bonds. The van der Waals surface area contributed by atoms with Gasteiger partial charge >= 0.3 is 0 Å². The summed E-state index contributed by atoms with van der Waals surface area (Å²) in [5.74, 6) is -0.232. The Morgan fingerprint density at radius 3 is 2.43 bits per heavy atom. The third kappa shape index (κ3) is 3.97. The molecular formula is C17H23N3O3. The summed E-state index contributed by atoms with van der Waals surface area (Å²) in [5.41, 5.74) is 2.44. The van der Waals surface area contributed by atoms with Crippen molar-refractivity contribution in [3.63, 3.8) is 0 Å². The van der Waals surface area contributed by atoms with E-state index in [1.807, 2.05) is 31.2 Å². The first-order valence-electron chi connectivity index (χ1n) is 7.48. The van der Waals surface area contributed by atoms with Crippen molar-refractivity contribution in [2.75, 3.05) is 26.8 Å². The molecule has 6 heteroatoms. The SMILES string of the molecule is Cc1ccc(-c2cc(C(=O)N(C)CC(C)(CO)CO)[nH]n2)cc1. The summed E-state index contributed by atoms with van der Waals surface area (Å²) in [4.78, 5) is 13.9. The summed E-state index contributed by atoms with van der Waals surface area (Å²) < 4.78 is 0. The lowest BCUT2D eigenvalue weighted by atomic mass is 9.92. The number of H-pyrrole nitrogens is 1. The molecule has 1 heterocycles. The predicted molar refractivity (Wildman–Crippen MR) is 88.0 cm³/mol. The van der Waals surface area contributed by atoms with Gasteiger partial charge in [-0.05, 0) is 13.0 Å². The Hall–Kier alpha value is -2.18. The van der Waals surface area contributed by atoms with E-state index in [0.29, 0.717) is 11.4 Å². The van der Waals surface area contributed by atoms with Crippen LogP contribution in [-0.2, 0) is 0 Å². The average molecular weight is 317 g/mol. The predicted octanol–water partition coefficient (Wildman–Crippen LogP) is 1.45. The fourth-order valence-corrected chi connectivity index (χ4v) is 2.30. The highest BCUT2D eigenvalue weighted by Crippen LogP contribution is 2.20. The summed E-state index contributed by atoms with van der Waals surface area (Å²) >= 11 is 0. The fourth-order valence-electron chi connectivity index (χ4n) is 2.30. The molecule has 3 N–H and O–H groups in total. The number of amides is 1. The van der Waals surface area contributed by atoms with Gasteiger partial charge in [-0.3, -0.25) is 9.89 Å². The van der Waals surface area contributed by atoms with E-state index >= 15 is 0 Å². The van der Waals surface area contributed by atoms with Gasteiger partial charge in [-0.2, -0.15) is 5.10 Å². The number of nitrogens with one attached hydrogen (secondary N) is 1. The first-order chi connectivity index (χ1) is 10.9. The van der Waals surface area contributed by atoms with Gasteiger partial charge < -0.3 is 15.1 Å². The van der Waals surface area contributed by atoms with Crippen LogP contribution in [0, 0.1) is 12.3 Å². The second-order valence-electron chi connectivity index (χ2n) is 6.32. The summed E-state index contributed by atoms with van der Waals surface area (Å²) in [7, 11) is 1.64. The molecule has 2 aromatic rings. The molecule has 0 aliphatic carbocycles. The van der Waals surface area contributed by atoms with Gasteiger partial charge in [0.15, 0.2) is 0 Å². The maximum atomic E-state index is 12.4. The fraction of sp³-hybridized carbons (Fsp3) is 0.412. The third-order valence-electron chi connectivity index (χ3n) is 3.88. The maximum absolute atomic E-state index is 12.4. The first-order valence-corrected chi connectivity index (χ1v) is 7.48. The van der Waals surface area contributed by atoms with E-state index in [0.717, 1.165) is 11.1 Å². The topological polar surface area (TPSA) is 89.5 Å². The number of aromatic amines is 1. The standard InChI is InChI=1S/C17H23N3O3/c1-12-4-6-13(7-5-12)14-8-15(19-18-14)16(23)20(3)9-17(2,10-21)11-22/h4-8,21-22H,9-11H2,1-3H3,(H,18,19). The van der Waals surface area contributed by atoms with Crippen LogP contribution >= 0.6 is 0 Å². The molecule has 0 spiro atoms. The minimum Gasteiger partial charge on any atom is -0.396 e. The van der Waals surface area contributed by atoms with Crippen LogP contribution in [0.2, 0.25) is 0 Å². The van der Waals surface area contributed by atoms with Crippen molar-refractivity contribution < 1.29 is 15.0 Å². The van der Waals surface area contributed by atoms with E-state index < -0.39 is 5.41 Å². The Kier molecular flexibility index (Phi) is 5.18. The van der Waals surface area contributed by atoms with Gasteiger partial charge in [0, 0.05) is 24.6 Å². The number of benzene rings is 1. The van der Waals surface area contributed by atoms with Crippen LogP contribution in [0.5, 0.6) is 0 Å². The van der Waals surface area contributed by atoms with Crippen LogP contribution in [-0.4, -0.2) is 58.0 Å². The lowest BCUT2D eigenvalue weighted by molar-refractivity contribution is 0.0363. The zero-order chi connectivity index (χ0) is 17.0. The van der Waals surface area contributed by atoms with Crippen molar-refractivity contribution in [2.24, 2.45) is 5.41 Å². The van der Waals surface area contributed by atoms with Gasteiger partial charge in [0.2, 0.25) is 0 Å². The number of carbonyl (C=O) groups is 1. The van der Waals surface area contributed by atoms with Gasteiger partial charge in [0.05, 0.1) is 18.9 Å². The Labute approximate surface area is 135 Å². The summed E-state index contributed by atoms with van der Waals surface area (Å²) in [6.07, 6.45) is 0. The molecule has 1 aromatic carbocycles. The minimum absolute atomic E-state index is 0.196. The molecule has 0 saturated carbocycles. The van der Waals surface area contributed by atoms with Gasteiger partial charge in [-0.15, -0.1) is 0 Å². The summed E-state index contributed by atoms with van der Waals surface area (Å²) in [6.45, 7) is 3.59. The number of nitrogens with zero attached hydrogens (tertiary/aromatic N) is 2. The van der Waals surface area contributed by atoms with Crippen molar-refractivity contribution in [3.05, 3.63) is 41.6 Å². The highest BCUT2D eigenvalue weighted by molar-refractivity contribution is 5.93. The molecule has 0 bridgehead atoms. The zero-order valence-corrected chi connectivity index (χ0v) is 13.7. The Morgan fingerprint density at radius 1 is 1.26 bits per heavy atom. The molecule has 0 saturated heterocycles. The van der Waals surface area contributed by atoms with Crippen LogP contribution in [0.25, 0.3) is 11.3 Å². The molecule has 0 aliphatic rings. The van der Waals surface area contributed by atoms with E-state index in [4.69, 9.17) is 0 Å². The second kappa shape index (κ2) is 6.93. The van der Waals surface area contributed by atoms with Crippen molar-refractivity contribution in [1.29, 1.82) is 0 Å². The number of rotatable bonds is 6. The molecule has 1 aromatic heterocycles. The van der Waals surface area contributed by atoms with E-state index in [1.54, 1.807) is 20.0 Å². The van der Waals surface area contributed by atoms with E-state index in [2.05, 4.69) is 10.2 Å². The molecule has 124 valence electrons. The molecule has 2 rings (SSSR count). The number of aliphatic hydroxyl groups is 2.